The van der Waals surface area contributed by atoms with Gasteiger partial charge in [0.15, 0.2) is 0 Å². The normalized spacial score (nSPS) is 32.7. The summed E-state index contributed by atoms with van der Waals surface area (Å²) >= 11 is 0. The van der Waals surface area contributed by atoms with Crippen LogP contribution in [-0.2, 0) is 0 Å². The number of piperidine rings is 1. The predicted molar refractivity (Wildman–Crippen MR) is 49.6 cm³/mol. The van der Waals surface area contributed by atoms with Crippen LogP contribution in [0, 0.1) is 11.8 Å². The van der Waals surface area contributed by atoms with Crippen molar-refractivity contribution < 1.29 is 0 Å². The molecule has 1 rings (SSSR count). The van der Waals surface area contributed by atoms with Crippen molar-refractivity contribution in [1.82, 2.24) is 5.32 Å². The van der Waals surface area contributed by atoms with E-state index in [0.29, 0.717) is 0 Å². The molecule has 11 heavy (non-hydrogen) atoms. The number of hydrogen-bond acceptors (Lipinski definition) is 1. The molecule has 0 spiro atoms. The minimum atomic E-state index is 0.786. The summed E-state index contributed by atoms with van der Waals surface area (Å²) in [7, 11) is 0. The topological polar surface area (TPSA) is 12.0 Å². The summed E-state index contributed by atoms with van der Waals surface area (Å²) in [5.74, 6) is 1.80. The average Bonchev–Trinajstić information content (AvgIpc) is 2.05. The molecule has 1 heteroatoms. The van der Waals surface area contributed by atoms with Crippen molar-refractivity contribution in [2.45, 2.75) is 46.1 Å². The van der Waals surface area contributed by atoms with Crippen LogP contribution in [-0.4, -0.2) is 12.6 Å². The smallest absolute Gasteiger partial charge is 0.00927 e. The lowest BCUT2D eigenvalue weighted by Crippen LogP contribution is -2.41. The van der Waals surface area contributed by atoms with Gasteiger partial charge in [-0.05, 0) is 31.2 Å². The largest absolute Gasteiger partial charge is 0.314 e. The Labute approximate surface area is 70.6 Å². The van der Waals surface area contributed by atoms with Crippen LogP contribution in [0.15, 0.2) is 0 Å². The van der Waals surface area contributed by atoms with E-state index in [9.17, 15) is 0 Å². The standard InChI is InChI=1S/C10H21N/c1-4-9-5-6-11-10(7-9)8(2)3/h8-11H,4-7H2,1-3H3/t9-,10-/m1/s1. The summed E-state index contributed by atoms with van der Waals surface area (Å²) in [6, 6.07) is 0.786. The highest BCUT2D eigenvalue weighted by Gasteiger charge is 2.21. The van der Waals surface area contributed by atoms with E-state index in [2.05, 4.69) is 26.1 Å². The Balaban J connectivity index is 2.33. The van der Waals surface area contributed by atoms with E-state index < -0.39 is 0 Å². The Hall–Kier alpha value is -0.0400. The van der Waals surface area contributed by atoms with Crippen LogP contribution in [0.1, 0.15) is 40.0 Å². The Morgan fingerprint density at radius 2 is 2.18 bits per heavy atom. The number of rotatable bonds is 2. The van der Waals surface area contributed by atoms with Crippen LogP contribution in [0.3, 0.4) is 0 Å². The predicted octanol–water partition coefficient (Wildman–Crippen LogP) is 2.42. The fourth-order valence-corrected chi connectivity index (χ4v) is 1.91. The fourth-order valence-electron chi connectivity index (χ4n) is 1.91. The number of hydrogen-bond donors (Lipinski definition) is 1. The van der Waals surface area contributed by atoms with Crippen LogP contribution < -0.4 is 5.32 Å². The zero-order valence-corrected chi connectivity index (χ0v) is 8.06. The molecule has 0 bridgehead atoms. The van der Waals surface area contributed by atoms with E-state index in [0.717, 1.165) is 17.9 Å². The van der Waals surface area contributed by atoms with E-state index in [1.165, 1.54) is 25.8 Å². The van der Waals surface area contributed by atoms with Gasteiger partial charge in [-0.3, -0.25) is 0 Å². The molecule has 0 unspecified atom stereocenters. The van der Waals surface area contributed by atoms with Gasteiger partial charge in [0, 0.05) is 6.04 Å². The van der Waals surface area contributed by atoms with Crippen molar-refractivity contribution in [3.63, 3.8) is 0 Å². The molecule has 1 heterocycles. The molecule has 0 amide bonds. The molecule has 1 aliphatic heterocycles. The van der Waals surface area contributed by atoms with Crippen molar-refractivity contribution in [3.8, 4) is 0 Å². The van der Waals surface area contributed by atoms with Crippen LogP contribution in [0.4, 0.5) is 0 Å². The molecule has 0 aromatic heterocycles. The third kappa shape index (κ3) is 2.48. The van der Waals surface area contributed by atoms with E-state index in [1.54, 1.807) is 0 Å². The van der Waals surface area contributed by atoms with Crippen molar-refractivity contribution in [3.05, 3.63) is 0 Å². The highest BCUT2D eigenvalue weighted by Crippen LogP contribution is 2.22. The van der Waals surface area contributed by atoms with Gasteiger partial charge in [0.05, 0.1) is 0 Å². The van der Waals surface area contributed by atoms with Crippen LogP contribution in [0.5, 0.6) is 0 Å². The van der Waals surface area contributed by atoms with E-state index in [1.807, 2.05) is 0 Å². The lowest BCUT2D eigenvalue weighted by Gasteiger charge is -2.32. The van der Waals surface area contributed by atoms with Crippen LogP contribution in [0.25, 0.3) is 0 Å². The second kappa shape index (κ2) is 4.10. The van der Waals surface area contributed by atoms with Gasteiger partial charge in [-0.15, -0.1) is 0 Å². The second-order valence-electron chi connectivity index (χ2n) is 4.10. The summed E-state index contributed by atoms with van der Waals surface area (Å²) < 4.78 is 0. The van der Waals surface area contributed by atoms with Gasteiger partial charge in [0.25, 0.3) is 0 Å². The van der Waals surface area contributed by atoms with Gasteiger partial charge in [-0.1, -0.05) is 27.2 Å². The quantitative estimate of drug-likeness (QED) is 0.645. The molecule has 0 aromatic carbocycles. The van der Waals surface area contributed by atoms with Crippen molar-refractivity contribution >= 4 is 0 Å². The first-order chi connectivity index (χ1) is 5.24. The van der Waals surface area contributed by atoms with Gasteiger partial charge in [-0.2, -0.15) is 0 Å². The first kappa shape index (κ1) is 9.05. The van der Waals surface area contributed by atoms with Gasteiger partial charge in [0.1, 0.15) is 0 Å². The first-order valence-electron chi connectivity index (χ1n) is 4.97. The molecule has 0 aliphatic carbocycles. The lowest BCUT2D eigenvalue weighted by atomic mass is 9.86. The minimum absolute atomic E-state index is 0.786. The molecule has 66 valence electrons. The molecule has 0 saturated carbocycles. The summed E-state index contributed by atoms with van der Waals surface area (Å²) in [6.45, 7) is 8.18. The van der Waals surface area contributed by atoms with E-state index in [4.69, 9.17) is 0 Å². The van der Waals surface area contributed by atoms with Gasteiger partial charge < -0.3 is 5.32 Å². The Bertz CT molecular complexity index is 109. The molecular formula is C10H21N. The van der Waals surface area contributed by atoms with Crippen LogP contribution >= 0.6 is 0 Å². The Morgan fingerprint density at radius 3 is 2.73 bits per heavy atom. The molecule has 1 fully saturated rings. The summed E-state index contributed by atoms with van der Waals surface area (Å²) in [5.41, 5.74) is 0. The van der Waals surface area contributed by atoms with Crippen LogP contribution in [0.2, 0.25) is 0 Å². The molecule has 1 nitrogen and oxygen atoms in total. The van der Waals surface area contributed by atoms with Crippen molar-refractivity contribution in [1.29, 1.82) is 0 Å². The fraction of sp³-hybridized carbons (Fsp3) is 1.00. The maximum absolute atomic E-state index is 3.58. The monoisotopic (exact) mass is 155 g/mol. The van der Waals surface area contributed by atoms with Gasteiger partial charge in [0.2, 0.25) is 0 Å². The third-order valence-corrected chi connectivity index (χ3v) is 2.93. The zero-order valence-electron chi connectivity index (χ0n) is 8.06. The molecule has 1 aliphatic rings. The Morgan fingerprint density at radius 1 is 1.45 bits per heavy atom. The molecule has 1 N–H and O–H groups in total. The summed E-state index contributed by atoms with van der Waals surface area (Å²) in [5, 5.41) is 3.58. The SMILES string of the molecule is CC[C@@H]1CCN[C@@H](C(C)C)C1. The van der Waals surface area contributed by atoms with E-state index >= 15 is 0 Å². The highest BCUT2D eigenvalue weighted by atomic mass is 14.9. The first-order valence-corrected chi connectivity index (χ1v) is 4.97. The maximum Gasteiger partial charge on any atom is 0.00927 e. The third-order valence-electron chi connectivity index (χ3n) is 2.93. The van der Waals surface area contributed by atoms with Gasteiger partial charge in [-0.25, -0.2) is 0 Å². The summed E-state index contributed by atoms with van der Waals surface area (Å²) in [6.07, 6.45) is 4.15. The molecule has 2 atom stereocenters. The zero-order chi connectivity index (χ0) is 8.27. The molecule has 1 saturated heterocycles. The van der Waals surface area contributed by atoms with Crippen molar-refractivity contribution in [2.24, 2.45) is 11.8 Å². The number of nitrogens with one attached hydrogen (secondary N) is 1. The van der Waals surface area contributed by atoms with E-state index in [-0.39, 0.29) is 0 Å². The molecule has 0 aromatic rings. The van der Waals surface area contributed by atoms with Gasteiger partial charge >= 0.3 is 0 Å². The summed E-state index contributed by atoms with van der Waals surface area (Å²) in [4.78, 5) is 0. The maximum atomic E-state index is 3.58. The molecular weight excluding hydrogens is 134 g/mol. The van der Waals surface area contributed by atoms with Crippen molar-refractivity contribution in [2.75, 3.05) is 6.54 Å². The second-order valence-corrected chi connectivity index (χ2v) is 4.10. The minimum Gasteiger partial charge on any atom is -0.314 e. The molecule has 0 radical (unpaired) electrons. The highest BCUT2D eigenvalue weighted by molar-refractivity contribution is 4.79. The lowest BCUT2D eigenvalue weighted by molar-refractivity contribution is 0.250. The Kier molecular flexibility index (Phi) is 3.38. The average molecular weight is 155 g/mol.